The van der Waals surface area contributed by atoms with Crippen molar-refractivity contribution in [1.29, 1.82) is 0 Å². The topological polar surface area (TPSA) is 29.1 Å². The highest BCUT2D eigenvalue weighted by Gasteiger charge is 2.22. The minimum Gasteiger partial charge on any atom is -0.242 e. The van der Waals surface area contributed by atoms with Crippen molar-refractivity contribution in [3.63, 3.8) is 0 Å². The van der Waals surface area contributed by atoms with Crippen molar-refractivity contribution in [2.75, 3.05) is 0 Å². The third-order valence-corrected chi connectivity index (χ3v) is 4.17. The first-order chi connectivity index (χ1) is 8.27. The number of nitrogens with one attached hydrogen (secondary N) is 1. The van der Waals surface area contributed by atoms with Crippen LogP contribution < -0.4 is 4.72 Å². The van der Waals surface area contributed by atoms with Gasteiger partial charge in [-0.25, -0.2) is 8.93 Å². The van der Waals surface area contributed by atoms with Gasteiger partial charge >= 0.3 is 0 Å². The van der Waals surface area contributed by atoms with Gasteiger partial charge in [-0.1, -0.05) is 24.6 Å². The molecule has 106 valence electrons. The Hall–Kier alpha value is -0.410. The average Bonchev–Trinajstić information content (AvgIpc) is 2.21. The second-order valence-electron chi connectivity index (χ2n) is 5.81. The fourth-order valence-electron chi connectivity index (χ4n) is 1.53. The van der Waals surface area contributed by atoms with E-state index in [4.69, 9.17) is 0 Å². The molecule has 18 heavy (non-hydrogen) atoms. The van der Waals surface area contributed by atoms with Crippen LogP contribution in [0.5, 0.6) is 0 Å². The summed E-state index contributed by atoms with van der Waals surface area (Å²) in [6.07, 6.45) is 8.38. The Morgan fingerprint density at radius 2 is 2.00 bits per heavy atom. The highest BCUT2D eigenvalue weighted by Crippen LogP contribution is 2.14. The molecule has 0 heterocycles. The van der Waals surface area contributed by atoms with Crippen LogP contribution in [0.1, 0.15) is 60.3 Å². The van der Waals surface area contributed by atoms with Crippen LogP contribution in [0.15, 0.2) is 24.3 Å². The summed E-state index contributed by atoms with van der Waals surface area (Å²) in [7, 11) is -1.01. The first kappa shape index (κ1) is 17.6. The van der Waals surface area contributed by atoms with E-state index in [1.807, 2.05) is 27.7 Å². The molecule has 0 amide bonds. The second kappa shape index (κ2) is 8.65. The summed E-state index contributed by atoms with van der Waals surface area (Å²) in [5.41, 5.74) is 1.14. The number of allylic oxidation sites excluding steroid dienone is 2. The molecular formula is C15H29NOS. The van der Waals surface area contributed by atoms with E-state index >= 15 is 0 Å². The third kappa shape index (κ3) is 8.65. The van der Waals surface area contributed by atoms with Crippen molar-refractivity contribution in [1.82, 2.24) is 4.72 Å². The van der Waals surface area contributed by atoms with Gasteiger partial charge in [-0.05, 0) is 53.4 Å². The highest BCUT2D eigenvalue weighted by atomic mass is 32.2. The fraction of sp³-hybridized carbons (Fsp3) is 0.733. The number of hydrogen-bond acceptors (Lipinski definition) is 1. The van der Waals surface area contributed by atoms with Crippen LogP contribution in [-0.2, 0) is 11.0 Å². The predicted octanol–water partition coefficient (Wildman–Crippen LogP) is 4.12. The minimum atomic E-state index is -1.01. The van der Waals surface area contributed by atoms with Gasteiger partial charge in [-0.3, -0.25) is 0 Å². The largest absolute Gasteiger partial charge is 0.242 e. The summed E-state index contributed by atoms with van der Waals surface area (Å²) in [6, 6.07) is 0.254. The van der Waals surface area contributed by atoms with Crippen molar-refractivity contribution in [3.05, 3.63) is 24.3 Å². The van der Waals surface area contributed by atoms with Gasteiger partial charge in [0, 0.05) is 6.04 Å². The third-order valence-electron chi connectivity index (χ3n) is 2.51. The molecule has 0 aromatic carbocycles. The second-order valence-corrected chi connectivity index (χ2v) is 7.81. The maximum Gasteiger partial charge on any atom is 0.0972 e. The lowest BCUT2D eigenvalue weighted by Crippen LogP contribution is -2.39. The zero-order valence-corrected chi connectivity index (χ0v) is 13.4. The monoisotopic (exact) mass is 271 g/mol. The van der Waals surface area contributed by atoms with Gasteiger partial charge in [-0.15, -0.1) is 6.58 Å². The summed E-state index contributed by atoms with van der Waals surface area (Å²) < 4.78 is 15.1. The molecule has 3 heteroatoms. The summed E-state index contributed by atoms with van der Waals surface area (Å²) in [4.78, 5) is 0. The summed E-state index contributed by atoms with van der Waals surface area (Å²) in [5.74, 6) is 0. The molecule has 1 unspecified atom stereocenters. The van der Waals surface area contributed by atoms with E-state index in [-0.39, 0.29) is 10.8 Å². The van der Waals surface area contributed by atoms with E-state index in [9.17, 15) is 4.21 Å². The zero-order valence-electron chi connectivity index (χ0n) is 12.6. The molecule has 0 spiro atoms. The molecule has 1 N–H and O–H groups in total. The number of hydrogen-bond donors (Lipinski definition) is 1. The van der Waals surface area contributed by atoms with Crippen LogP contribution in [0.4, 0.5) is 0 Å². The molecule has 0 aromatic heterocycles. The van der Waals surface area contributed by atoms with E-state index in [0.29, 0.717) is 0 Å². The Balaban J connectivity index is 4.35. The Morgan fingerprint density at radius 3 is 2.44 bits per heavy atom. The minimum absolute atomic E-state index is 0.216. The van der Waals surface area contributed by atoms with Gasteiger partial charge < -0.3 is 0 Å². The molecule has 0 saturated heterocycles. The van der Waals surface area contributed by atoms with Crippen LogP contribution in [0.3, 0.4) is 0 Å². The maximum atomic E-state index is 12.1. The molecule has 2 atom stereocenters. The van der Waals surface area contributed by atoms with Crippen molar-refractivity contribution in [2.45, 2.75) is 71.1 Å². The zero-order chi connectivity index (χ0) is 14.2. The van der Waals surface area contributed by atoms with Crippen molar-refractivity contribution in [3.8, 4) is 0 Å². The van der Waals surface area contributed by atoms with Crippen LogP contribution >= 0.6 is 0 Å². The molecule has 0 fully saturated rings. The van der Waals surface area contributed by atoms with Crippen LogP contribution in [0.25, 0.3) is 0 Å². The Labute approximate surface area is 116 Å². The van der Waals surface area contributed by atoms with E-state index in [1.165, 1.54) is 0 Å². The van der Waals surface area contributed by atoms with E-state index < -0.39 is 11.0 Å². The van der Waals surface area contributed by atoms with Gasteiger partial charge in [-0.2, -0.15) is 0 Å². The van der Waals surface area contributed by atoms with E-state index in [0.717, 1.165) is 31.3 Å². The van der Waals surface area contributed by atoms with Crippen LogP contribution in [0, 0.1) is 0 Å². The molecule has 0 saturated carbocycles. The Kier molecular flexibility index (Phi) is 8.45. The lowest BCUT2D eigenvalue weighted by molar-refractivity contribution is 0.550. The molecule has 2 nitrogen and oxygen atoms in total. The van der Waals surface area contributed by atoms with Crippen molar-refractivity contribution >= 4 is 11.0 Å². The van der Waals surface area contributed by atoms with Gasteiger partial charge in [0.05, 0.1) is 15.7 Å². The lowest BCUT2D eigenvalue weighted by Gasteiger charge is -2.24. The van der Waals surface area contributed by atoms with Gasteiger partial charge in [0.25, 0.3) is 0 Å². The molecule has 0 aliphatic heterocycles. The SMILES string of the molecule is C=C(C)C[C@@H](CC/C=C\CC)NS(=O)C(C)(C)C. The molecule has 0 aliphatic carbocycles. The van der Waals surface area contributed by atoms with Gasteiger partial charge in [0.15, 0.2) is 0 Å². The molecule has 0 aliphatic rings. The quantitative estimate of drug-likeness (QED) is 0.661. The van der Waals surface area contributed by atoms with Gasteiger partial charge in [0.2, 0.25) is 0 Å². The standard InChI is InChI=1S/C15H29NOS/c1-7-8-9-10-11-14(12-13(2)3)16-18(17)15(4,5)6/h8-9,14,16H,2,7,10-12H2,1,3-6H3/b9-8-/t14-,18?/m1/s1. The van der Waals surface area contributed by atoms with E-state index in [1.54, 1.807) is 0 Å². The molecule has 0 aromatic rings. The number of rotatable bonds is 8. The molecule has 0 rings (SSSR count). The van der Waals surface area contributed by atoms with Crippen LogP contribution in [0.2, 0.25) is 0 Å². The van der Waals surface area contributed by atoms with Gasteiger partial charge in [0.1, 0.15) is 0 Å². The molecule has 0 radical (unpaired) electrons. The van der Waals surface area contributed by atoms with Crippen LogP contribution in [-0.4, -0.2) is 15.0 Å². The summed E-state index contributed by atoms with van der Waals surface area (Å²) in [5, 5.41) is 0. The average molecular weight is 271 g/mol. The molecule has 0 bridgehead atoms. The first-order valence-electron chi connectivity index (χ1n) is 6.74. The normalized spacial score (nSPS) is 15.8. The predicted molar refractivity (Wildman–Crippen MR) is 82.9 cm³/mol. The van der Waals surface area contributed by atoms with E-state index in [2.05, 4.69) is 30.4 Å². The summed E-state index contributed by atoms with van der Waals surface area (Å²) >= 11 is 0. The Bertz CT molecular complexity index is 302. The first-order valence-corrected chi connectivity index (χ1v) is 7.89. The highest BCUT2D eigenvalue weighted by molar-refractivity contribution is 7.84. The smallest absolute Gasteiger partial charge is 0.0972 e. The lowest BCUT2D eigenvalue weighted by atomic mass is 10.0. The van der Waals surface area contributed by atoms with Crippen molar-refractivity contribution < 1.29 is 4.21 Å². The summed E-state index contributed by atoms with van der Waals surface area (Å²) in [6.45, 7) is 14.1. The Morgan fingerprint density at radius 1 is 1.39 bits per heavy atom. The van der Waals surface area contributed by atoms with Crippen molar-refractivity contribution in [2.24, 2.45) is 0 Å². The maximum absolute atomic E-state index is 12.1. The fourth-order valence-corrected chi connectivity index (χ4v) is 2.39. The molecular weight excluding hydrogens is 242 g/mol.